The van der Waals surface area contributed by atoms with Crippen molar-refractivity contribution >= 4 is 11.5 Å². The summed E-state index contributed by atoms with van der Waals surface area (Å²) < 4.78 is 44.9. The van der Waals surface area contributed by atoms with Crippen LogP contribution in [-0.4, -0.2) is 31.1 Å². The molecule has 1 aromatic carbocycles. The summed E-state index contributed by atoms with van der Waals surface area (Å²) in [6.45, 7) is 4.78. The number of hydrogen-bond acceptors (Lipinski definition) is 3. The molecule has 0 radical (unpaired) electrons. The third-order valence-electron chi connectivity index (χ3n) is 3.54. The van der Waals surface area contributed by atoms with Crippen molar-refractivity contribution in [2.75, 3.05) is 18.1 Å². The van der Waals surface area contributed by atoms with Gasteiger partial charge in [-0.05, 0) is 32.0 Å². The van der Waals surface area contributed by atoms with Gasteiger partial charge in [0.15, 0.2) is 0 Å². The lowest BCUT2D eigenvalue weighted by Crippen LogP contribution is -2.47. The van der Waals surface area contributed by atoms with Gasteiger partial charge in [-0.25, -0.2) is 0 Å². The van der Waals surface area contributed by atoms with Gasteiger partial charge in [0.2, 0.25) is 0 Å². The average molecular weight is 301 g/mol. The summed E-state index contributed by atoms with van der Waals surface area (Å²) in [7, 11) is 0. The molecule has 7 heteroatoms. The standard InChI is InChI=1S/C14H18F3N3O/c1-8-7-21-9(2)6-20(8)10-3-4-11(13(18)19)12(5-10)14(15,16)17/h3-5,8-9H,6-7H2,1-2H3,(H3,18,19). The van der Waals surface area contributed by atoms with Gasteiger partial charge < -0.3 is 15.4 Å². The summed E-state index contributed by atoms with van der Waals surface area (Å²) in [6, 6.07) is 3.88. The Hall–Kier alpha value is -1.76. The van der Waals surface area contributed by atoms with Crippen molar-refractivity contribution < 1.29 is 17.9 Å². The highest BCUT2D eigenvalue weighted by Gasteiger charge is 2.35. The maximum Gasteiger partial charge on any atom is 0.417 e. The number of rotatable bonds is 2. The highest BCUT2D eigenvalue weighted by Crippen LogP contribution is 2.35. The van der Waals surface area contributed by atoms with Crippen molar-refractivity contribution in [2.45, 2.75) is 32.2 Å². The van der Waals surface area contributed by atoms with Gasteiger partial charge in [-0.3, -0.25) is 5.41 Å². The zero-order valence-corrected chi connectivity index (χ0v) is 11.9. The number of hydrogen-bond donors (Lipinski definition) is 2. The minimum atomic E-state index is -4.54. The maximum atomic E-state index is 13.1. The van der Waals surface area contributed by atoms with Crippen molar-refractivity contribution in [1.29, 1.82) is 5.41 Å². The van der Waals surface area contributed by atoms with Crippen molar-refractivity contribution in [3.8, 4) is 0 Å². The Morgan fingerprint density at radius 1 is 1.38 bits per heavy atom. The van der Waals surface area contributed by atoms with Crippen LogP contribution in [0.2, 0.25) is 0 Å². The summed E-state index contributed by atoms with van der Waals surface area (Å²) in [4.78, 5) is 1.88. The zero-order valence-electron chi connectivity index (χ0n) is 11.9. The van der Waals surface area contributed by atoms with E-state index >= 15 is 0 Å². The van der Waals surface area contributed by atoms with E-state index in [1.165, 1.54) is 6.07 Å². The number of nitrogens with two attached hydrogens (primary N) is 1. The Kier molecular flexibility index (Phi) is 4.13. The number of halogens is 3. The molecule has 1 heterocycles. The van der Waals surface area contributed by atoms with E-state index in [2.05, 4.69) is 0 Å². The number of nitrogen functional groups attached to an aromatic ring is 1. The lowest BCUT2D eigenvalue weighted by molar-refractivity contribution is -0.137. The first-order valence-corrected chi connectivity index (χ1v) is 6.64. The monoisotopic (exact) mass is 301 g/mol. The fourth-order valence-corrected chi connectivity index (χ4v) is 2.44. The van der Waals surface area contributed by atoms with E-state index in [9.17, 15) is 13.2 Å². The van der Waals surface area contributed by atoms with Gasteiger partial charge >= 0.3 is 6.18 Å². The van der Waals surface area contributed by atoms with E-state index in [4.69, 9.17) is 15.9 Å². The third-order valence-corrected chi connectivity index (χ3v) is 3.54. The Morgan fingerprint density at radius 2 is 2.05 bits per heavy atom. The molecule has 2 unspecified atom stereocenters. The number of morpholine rings is 1. The number of amidine groups is 1. The minimum absolute atomic E-state index is 0.00883. The summed E-state index contributed by atoms with van der Waals surface area (Å²) >= 11 is 0. The predicted molar refractivity (Wildman–Crippen MR) is 74.7 cm³/mol. The Labute approximate surface area is 121 Å². The molecule has 21 heavy (non-hydrogen) atoms. The lowest BCUT2D eigenvalue weighted by Gasteiger charge is -2.38. The molecular weight excluding hydrogens is 283 g/mol. The topological polar surface area (TPSA) is 62.3 Å². The van der Waals surface area contributed by atoms with Crippen LogP contribution < -0.4 is 10.6 Å². The SMILES string of the molecule is CC1CN(c2ccc(C(=N)N)c(C(F)(F)F)c2)C(C)CO1. The van der Waals surface area contributed by atoms with E-state index in [1.807, 2.05) is 18.7 Å². The maximum absolute atomic E-state index is 13.1. The second-order valence-corrected chi connectivity index (χ2v) is 5.29. The van der Waals surface area contributed by atoms with Crippen LogP contribution >= 0.6 is 0 Å². The molecule has 1 aliphatic heterocycles. The molecule has 1 saturated heterocycles. The van der Waals surface area contributed by atoms with Crippen LogP contribution in [0.5, 0.6) is 0 Å². The van der Waals surface area contributed by atoms with Gasteiger partial charge in [-0.15, -0.1) is 0 Å². The smallest absolute Gasteiger partial charge is 0.384 e. The molecule has 0 aliphatic carbocycles. The molecule has 4 nitrogen and oxygen atoms in total. The molecule has 2 atom stereocenters. The highest BCUT2D eigenvalue weighted by molar-refractivity contribution is 5.97. The van der Waals surface area contributed by atoms with E-state index in [1.54, 1.807) is 6.07 Å². The molecule has 116 valence electrons. The van der Waals surface area contributed by atoms with Gasteiger partial charge in [-0.2, -0.15) is 13.2 Å². The largest absolute Gasteiger partial charge is 0.417 e. The van der Waals surface area contributed by atoms with Crippen molar-refractivity contribution in [3.63, 3.8) is 0 Å². The first kappa shape index (κ1) is 15.6. The van der Waals surface area contributed by atoms with Crippen molar-refractivity contribution in [3.05, 3.63) is 29.3 Å². The third kappa shape index (κ3) is 3.29. The van der Waals surface area contributed by atoms with Gasteiger partial charge in [-0.1, -0.05) is 0 Å². The molecule has 1 aliphatic rings. The number of nitrogens with zero attached hydrogens (tertiary/aromatic N) is 1. The molecule has 1 fully saturated rings. The molecule has 3 N–H and O–H groups in total. The first-order chi connectivity index (χ1) is 9.70. The quantitative estimate of drug-likeness (QED) is 0.652. The second-order valence-electron chi connectivity index (χ2n) is 5.29. The molecule has 0 amide bonds. The fraction of sp³-hybridized carbons (Fsp3) is 0.500. The van der Waals surface area contributed by atoms with Crippen molar-refractivity contribution in [1.82, 2.24) is 0 Å². The number of nitrogens with one attached hydrogen (secondary N) is 1. The van der Waals surface area contributed by atoms with E-state index in [-0.39, 0.29) is 17.7 Å². The average Bonchev–Trinajstić information content (AvgIpc) is 2.40. The van der Waals surface area contributed by atoms with Crippen LogP contribution in [0.3, 0.4) is 0 Å². The Bertz CT molecular complexity index is 545. The minimum Gasteiger partial charge on any atom is -0.384 e. The first-order valence-electron chi connectivity index (χ1n) is 6.64. The summed E-state index contributed by atoms with van der Waals surface area (Å²) in [5, 5.41) is 7.29. The molecule has 1 aromatic rings. The molecule has 2 rings (SSSR count). The molecular formula is C14H18F3N3O. The number of ether oxygens (including phenoxy) is 1. The molecule has 0 spiro atoms. The summed E-state index contributed by atoms with van der Waals surface area (Å²) in [5.74, 6) is -0.586. The summed E-state index contributed by atoms with van der Waals surface area (Å²) in [6.07, 6.45) is -4.58. The van der Waals surface area contributed by atoms with Gasteiger partial charge in [0.05, 0.1) is 18.3 Å². The molecule has 0 aromatic heterocycles. The number of anilines is 1. The zero-order chi connectivity index (χ0) is 15.8. The highest BCUT2D eigenvalue weighted by atomic mass is 19.4. The van der Waals surface area contributed by atoms with E-state index < -0.39 is 17.6 Å². The van der Waals surface area contributed by atoms with Crippen LogP contribution in [0, 0.1) is 5.41 Å². The second kappa shape index (κ2) is 5.55. The number of alkyl halides is 3. The van der Waals surface area contributed by atoms with Gasteiger partial charge in [0, 0.05) is 23.8 Å². The van der Waals surface area contributed by atoms with E-state index in [0.29, 0.717) is 18.8 Å². The van der Waals surface area contributed by atoms with Crippen LogP contribution in [0.1, 0.15) is 25.0 Å². The summed E-state index contributed by atoms with van der Waals surface area (Å²) in [5.41, 5.74) is 4.54. The Morgan fingerprint density at radius 3 is 2.62 bits per heavy atom. The Balaban J connectivity index is 2.44. The molecule has 0 bridgehead atoms. The normalized spacial score (nSPS) is 23.2. The molecule has 0 saturated carbocycles. The van der Waals surface area contributed by atoms with Crippen molar-refractivity contribution in [2.24, 2.45) is 5.73 Å². The lowest BCUT2D eigenvalue weighted by atomic mass is 10.0. The predicted octanol–water partition coefficient (Wildman–Crippen LogP) is 2.60. The van der Waals surface area contributed by atoms with Crippen LogP contribution in [0.25, 0.3) is 0 Å². The van der Waals surface area contributed by atoms with E-state index in [0.717, 1.165) is 6.07 Å². The van der Waals surface area contributed by atoms with Crippen LogP contribution in [0.15, 0.2) is 18.2 Å². The van der Waals surface area contributed by atoms with Gasteiger partial charge in [0.1, 0.15) is 5.84 Å². The van der Waals surface area contributed by atoms with Crippen LogP contribution in [0.4, 0.5) is 18.9 Å². The van der Waals surface area contributed by atoms with Crippen LogP contribution in [-0.2, 0) is 10.9 Å². The number of benzene rings is 1. The van der Waals surface area contributed by atoms with Gasteiger partial charge in [0.25, 0.3) is 0 Å². The fourth-order valence-electron chi connectivity index (χ4n) is 2.44.